The van der Waals surface area contributed by atoms with E-state index < -0.39 is 29.1 Å². The second-order valence-corrected chi connectivity index (χ2v) is 11.3. The highest BCUT2D eigenvalue weighted by molar-refractivity contribution is 6.04. The predicted octanol–water partition coefficient (Wildman–Crippen LogP) is 4.01. The van der Waals surface area contributed by atoms with Crippen LogP contribution in [0, 0.1) is 11.8 Å². The molecule has 3 saturated heterocycles. The number of aliphatic hydroxyl groups excluding tert-OH is 1. The molecule has 3 aliphatic rings. The average molecular weight is 536 g/mol. The number of likely N-dealkylation sites (tertiary alicyclic amines) is 1. The summed E-state index contributed by atoms with van der Waals surface area (Å²) in [6.07, 6.45) is 5.79. The van der Waals surface area contributed by atoms with Gasteiger partial charge in [0, 0.05) is 25.4 Å². The summed E-state index contributed by atoms with van der Waals surface area (Å²) in [6.45, 7) is 5.12. The van der Waals surface area contributed by atoms with Gasteiger partial charge >= 0.3 is 0 Å². The minimum atomic E-state index is -1.02. The Morgan fingerprint density at radius 1 is 1.03 bits per heavy atom. The smallest absolute Gasteiger partial charge is 0.250 e. The van der Waals surface area contributed by atoms with Crippen LogP contribution in [0.1, 0.15) is 65.2 Å². The first-order valence-corrected chi connectivity index (χ1v) is 14.6. The molecule has 2 bridgehead atoms. The lowest BCUT2D eigenvalue weighted by Crippen LogP contribution is -2.53. The van der Waals surface area contributed by atoms with Crippen LogP contribution in [0.4, 0.5) is 5.69 Å². The molecule has 2 unspecified atom stereocenters. The molecule has 3 fully saturated rings. The number of carbonyl (C=O) groups is 3. The number of fused-ring (bicyclic) bond motifs is 2. The first kappa shape index (κ1) is 27.6. The molecule has 5 rings (SSSR count). The lowest BCUT2D eigenvalue weighted by atomic mass is 9.65. The molecule has 2 aromatic carbocycles. The van der Waals surface area contributed by atoms with Crippen molar-refractivity contribution in [3.8, 4) is 0 Å². The highest BCUT2D eigenvalue weighted by Gasteiger charge is 2.78. The monoisotopic (exact) mass is 535 g/mol. The second kappa shape index (κ2) is 11.3. The summed E-state index contributed by atoms with van der Waals surface area (Å²) in [6, 6.07) is 13.0. The first-order valence-electron chi connectivity index (χ1n) is 14.6. The third kappa shape index (κ3) is 4.72. The molecule has 5 atom stereocenters. The zero-order valence-electron chi connectivity index (χ0n) is 23.1. The standard InChI is InChI=1S/C31H41N3O5/c1-3-17-32-27(36)24-25-29(38)34(18-9-5-6-10-19-35)26(31(25)16-15-30(24,4-2)39-31)28(37)33-23-14-13-21-11-7-8-12-22(21)20-23/h7-8,11-14,20,24-26,35H,3-6,9-10,15-19H2,1-2H3,(H,32,36)(H,33,37)/t24-,25+,26?,30+,31?/m1/s1. The number of nitrogens with one attached hydrogen (secondary N) is 2. The molecule has 0 saturated carbocycles. The van der Waals surface area contributed by atoms with Crippen LogP contribution in [-0.2, 0) is 19.1 Å². The first-order chi connectivity index (χ1) is 18.9. The van der Waals surface area contributed by atoms with Crippen LogP contribution >= 0.6 is 0 Å². The molecule has 210 valence electrons. The van der Waals surface area contributed by atoms with Gasteiger partial charge < -0.3 is 25.4 Å². The fourth-order valence-electron chi connectivity index (χ4n) is 7.24. The number of ether oxygens (including phenoxy) is 1. The Balaban J connectivity index is 1.47. The summed E-state index contributed by atoms with van der Waals surface area (Å²) >= 11 is 0. The quantitative estimate of drug-likeness (QED) is 0.356. The van der Waals surface area contributed by atoms with E-state index in [1.807, 2.05) is 56.3 Å². The van der Waals surface area contributed by atoms with Gasteiger partial charge in [-0.3, -0.25) is 14.4 Å². The molecular weight excluding hydrogens is 494 g/mol. The molecule has 3 amide bonds. The van der Waals surface area contributed by atoms with Gasteiger partial charge in [0.15, 0.2) is 0 Å². The van der Waals surface area contributed by atoms with Crippen molar-refractivity contribution >= 4 is 34.2 Å². The Kier molecular flexibility index (Phi) is 7.96. The molecule has 8 nitrogen and oxygen atoms in total. The third-order valence-corrected chi connectivity index (χ3v) is 9.09. The molecule has 8 heteroatoms. The summed E-state index contributed by atoms with van der Waals surface area (Å²) in [4.78, 5) is 43.4. The van der Waals surface area contributed by atoms with E-state index >= 15 is 0 Å². The van der Waals surface area contributed by atoms with Crippen LogP contribution in [0.5, 0.6) is 0 Å². The molecule has 0 aromatic heterocycles. The van der Waals surface area contributed by atoms with Crippen molar-refractivity contribution in [1.29, 1.82) is 0 Å². The lowest BCUT2D eigenvalue weighted by Gasteiger charge is -2.34. The number of carbonyl (C=O) groups excluding carboxylic acids is 3. The van der Waals surface area contributed by atoms with Crippen molar-refractivity contribution in [1.82, 2.24) is 10.2 Å². The summed E-state index contributed by atoms with van der Waals surface area (Å²) in [5, 5.41) is 17.3. The van der Waals surface area contributed by atoms with Crippen molar-refractivity contribution in [2.24, 2.45) is 11.8 Å². The molecule has 39 heavy (non-hydrogen) atoms. The minimum Gasteiger partial charge on any atom is -0.396 e. The van der Waals surface area contributed by atoms with Gasteiger partial charge in [0.05, 0.1) is 17.4 Å². The second-order valence-electron chi connectivity index (χ2n) is 11.3. The molecule has 3 N–H and O–H groups in total. The van der Waals surface area contributed by atoms with Crippen LogP contribution < -0.4 is 10.6 Å². The molecular formula is C31H41N3O5. The summed E-state index contributed by atoms with van der Waals surface area (Å²) in [5.74, 6) is -1.84. The maximum atomic E-state index is 14.1. The van der Waals surface area contributed by atoms with Crippen molar-refractivity contribution in [3.63, 3.8) is 0 Å². The number of anilines is 1. The normalized spacial score (nSPS) is 29.2. The van der Waals surface area contributed by atoms with Crippen molar-refractivity contribution < 1.29 is 24.2 Å². The van der Waals surface area contributed by atoms with Gasteiger partial charge in [-0.1, -0.05) is 57.0 Å². The SMILES string of the molecule is CCCNC(=O)[C@H]1[C@H]2C(=O)N(CCCCCCO)C(C(=O)Nc3ccc4ccccc4c3)C23CC[C@]1(CC)O3. The number of unbranched alkanes of at least 4 members (excludes halogenated alkanes) is 3. The van der Waals surface area contributed by atoms with Crippen molar-refractivity contribution in [2.75, 3.05) is 25.0 Å². The number of aliphatic hydroxyl groups is 1. The Hall–Kier alpha value is -2.97. The fourth-order valence-corrected chi connectivity index (χ4v) is 7.24. The molecule has 0 aliphatic carbocycles. The molecule has 2 aromatic rings. The highest BCUT2D eigenvalue weighted by atomic mass is 16.5. The molecule has 1 spiro atoms. The lowest BCUT2D eigenvalue weighted by molar-refractivity contribution is -0.146. The molecule has 3 heterocycles. The van der Waals surface area contributed by atoms with E-state index in [1.165, 1.54) is 0 Å². The van der Waals surface area contributed by atoms with E-state index in [0.717, 1.165) is 36.5 Å². The minimum absolute atomic E-state index is 0.142. The van der Waals surface area contributed by atoms with Gasteiger partial charge in [-0.05, 0) is 61.4 Å². The van der Waals surface area contributed by atoms with E-state index in [9.17, 15) is 14.4 Å². The van der Waals surface area contributed by atoms with Crippen molar-refractivity contribution in [2.45, 2.75) is 82.5 Å². The van der Waals surface area contributed by atoms with Crippen LogP contribution in [-0.4, -0.2) is 64.7 Å². The molecule has 3 aliphatic heterocycles. The summed E-state index contributed by atoms with van der Waals surface area (Å²) in [7, 11) is 0. The van der Waals surface area contributed by atoms with E-state index in [1.54, 1.807) is 4.90 Å². The van der Waals surface area contributed by atoms with Crippen LogP contribution in [0.15, 0.2) is 42.5 Å². The number of amides is 3. The largest absolute Gasteiger partial charge is 0.396 e. The topological polar surface area (TPSA) is 108 Å². The number of benzene rings is 2. The van der Waals surface area contributed by atoms with Gasteiger partial charge in [-0.25, -0.2) is 0 Å². The van der Waals surface area contributed by atoms with Gasteiger partial charge in [0.25, 0.3) is 0 Å². The maximum Gasteiger partial charge on any atom is 0.250 e. The zero-order chi connectivity index (χ0) is 27.6. The summed E-state index contributed by atoms with van der Waals surface area (Å²) in [5.41, 5.74) is -1.08. The summed E-state index contributed by atoms with van der Waals surface area (Å²) < 4.78 is 6.80. The van der Waals surface area contributed by atoms with E-state index in [-0.39, 0.29) is 24.3 Å². The van der Waals surface area contributed by atoms with Gasteiger partial charge in [0.1, 0.15) is 11.6 Å². The van der Waals surface area contributed by atoms with Gasteiger partial charge in [0.2, 0.25) is 17.7 Å². The number of hydrogen-bond donors (Lipinski definition) is 3. The van der Waals surface area contributed by atoms with E-state index in [2.05, 4.69) is 10.6 Å². The Morgan fingerprint density at radius 3 is 2.54 bits per heavy atom. The van der Waals surface area contributed by atoms with Crippen LogP contribution in [0.3, 0.4) is 0 Å². The van der Waals surface area contributed by atoms with Crippen molar-refractivity contribution in [3.05, 3.63) is 42.5 Å². The number of rotatable bonds is 12. The van der Waals surface area contributed by atoms with Crippen LogP contribution in [0.2, 0.25) is 0 Å². The Morgan fingerprint density at radius 2 is 1.79 bits per heavy atom. The van der Waals surface area contributed by atoms with Gasteiger partial charge in [-0.15, -0.1) is 0 Å². The predicted molar refractivity (Wildman–Crippen MR) is 150 cm³/mol. The Bertz CT molecular complexity index is 1230. The van der Waals surface area contributed by atoms with Crippen LogP contribution in [0.25, 0.3) is 10.8 Å². The number of hydrogen-bond acceptors (Lipinski definition) is 5. The fraction of sp³-hybridized carbons (Fsp3) is 0.581. The van der Waals surface area contributed by atoms with E-state index in [4.69, 9.17) is 9.84 Å². The zero-order valence-corrected chi connectivity index (χ0v) is 23.1. The maximum absolute atomic E-state index is 14.1. The molecule has 0 radical (unpaired) electrons. The highest BCUT2D eigenvalue weighted by Crippen LogP contribution is 2.64. The van der Waals surface area contributed by atoms with Gasteiger partial charge in [-0.2, -0.15) is 0 Å². The Labute approximate surface area is 230 Å². The average Bonchev–Trinajstić information content (AvgIpc) is 3.55. The number of nitrogens with zero attached hydrogens (tertiary/aromatic N) is 1. The third-order valence-electron chi connectivity index (χ3n) is 9.09. The van der Waals surface area contributed by atoms with E-state index in [0.29, 0.717) is 44.5 Å².